The molecule has 3 heteroatoms. The highest BCUT2D eigenvalue weighted by molar-refractivity contribution is 8.12. The van der Waals surface area contributed by atoms with Crippen LogP contribution in [0.5, 0.6) is 0 Å². The lowest BCUT2D eigenvalue weighted by Crippen LogP contribution is -2.45. The Hall–Kier alpha value is -5.22. The summed E-state index contributed by atoms with van der Waals surface area (Å²) in [5.74, 6) is 0.356. The average molecular weight is 716 g/mol. The highest BCUT2D eigenvalue weighted by Gasteiger charge is 2.57. The molecule has 0 heterocycles. The Labute approximate surface area is 319 Å². The summed E-state index contributed by atoms with van der Waals surface area (Å²) < 4.78 is 5.47. The molecule has 6 aliphatic carbocycles. The third-order valence-electron chi connectivity index (χ3n) is 13.0. The fourth-order valence-electron chi connectivity index (χ4n) is 11.1. The van der Waals surface area contributed by atoms with Crippen LogP contribution in [0.4, 0.5) is 5.69 Å². The van der Waals surface area contributed by atoms with Crippen molar-refractivity contribution in [3.05, 3.63) is 241 Å². The summed E-state index contributed by atoms with van der Waals surface area (Å²) in [5, 5.41) is 0. The summed E-state index contributed by atoms with van der Waals surface area (Å²) in [5.41, 5.74) is 19.6. The molecule has 6 aliphatic rings. The summed E-state index contributed by atoms with van der Waals surface area (Å²) in [7, 11) is 1.16. The van der Waals surface area contributed by atoms with Crippen molar-refractivity contribution in [2.24, 2.45) is 4.36 Å². The monoisotopic (exact) mass is 715 g/mol. The SMILES string of the molecule is CC(C)(C)c1cc(C23c4ccccc4C(c4ccccc42)c2ccccc23)c(N=S=S)c(C23c4ccccc4C(c4ccccc42)c2ccccc23)c1. The third kappa shape index (κ3) is 3.77. The maximum absolute atomic E-state index is 5.84. The van der Waals surface area contributed by atoms with Crippen LogP contribution >= 0.6 is 0 Å². The fourth-order valence-corrected chi connectivity index (χ4v) is 11.6. The van der Waals surface area contributed by atoms with Crippen molar-refractivity contribution in [2.45, 2.75) is 48.9 Å². The lowest BCUT2D eigenvalue weighted by atomic mass is 9.48. The Morgan fingerprint density at radius 3 is 0.943 bits per heavy atom. The maximum Gasteiger partial charge on any atom is 0.0865 e. The zero-order chi connectivity index (χ0) is 35.7. The van der Waals surface area contributed by atoms with E-state index in [2.05, 4.69) is 178 Å². The Morgan fingerprint density at radius 1 is 0.434 bits per heavy atom. The highest BCUT2D eigenvalue weighted by atomic mass is 32.8. The molecule has 53 heavy (non-hydrogen) atoms. The summed E-state index contributed by atoms with van der Waals surface area (Å²) in [4.78, 5) is 0. The van der Waals surface area contributed by atoms with E-state index in [9.17, 15) is 0 Å². The first-order chi connectivity index (χ1) is 25.9. The highest BCUT2D eigenvalue weighted by Crippen LogP contribution is 2.67. The molecule has 0 saturated heterocycles. The van der Waals surface area contributed by atoms with Crippen LogP contribution in [-0.2, 0) is 37.6 Å². The zero-order valence-electron chi connectivity index (χ0n) is 29.9. The van der Waals surface area contributed by atoms with E-state index in [1.807, 2.05) is 0 Å². The van der Waals surface area contributed by atoms with Crippen LogP contribution < -0.4 is 0 Å². The van der Waals surface area contributed by atoms with Gasteiger partial charge in [0.15, 0.2) is 0 Å². The average Bonchev–Trinajstić information content (AvgIpc) is 3.20. The second-order valence-electron chi connectivity index (χ2n) is 16.2. The van der Waals surface area contributed by atoms with Crippen LogP contribution in [0.1, 0.15) is 116 Å². The Kier molecular flexibility index (Phi) is 6.45. The second-order valence-corrected chi connectivity index (χ2v) is 17.0. The lowest BCUT2D eigenvalue weighted by molar-refractivity contribution is 0.574. The minimum Gasteiger partial charge on any atom is -0.182 e. The van der Waals surface area contributed by atoms with Gasteiger partial charge in [-0.2, -0.15) is 4.36 Å². The first-order valence-corrected chi connectivity index (χ1v) is 20.4. The molecule has 7 aromatic carbocycles. The van der Waals surface area contributed by atoms with Gasteiger partial charge < -0.3 is 0 Å². The second kappa shape index (κ2) is 10.9. The Morgan fingerprint density at radius 2 is 0.698 bits per heavy atom. The third-order valence-corrected chi connectivity index (χ3v) is 13.4. The first kappa shape index (κ1) is 31.3. The molecular weight excluding hydrogens is 679 g/mol. The van der Waals surface area contributed by atoms with Gasteiger partial charge in [-0.25, -0.2) is 0 Å². The van der Waals surface area contributed by atoms with Gasteiger partial charge in [-0.3, -0.25) is 0 Å². The van der Waals surface area contributed by atoms with Crippen LogP contribution in [0.25, 0.3) is 0 Å². The van der Waals surface area contributed by atoms with E-state index in [1.165, 1.54) is 83.5 Å². The van der Waals surface area contributed by atoms with Crippen molar-refractivity contribution in [3.63, 3.8) is 0 Å². The molecule has 0 aromatic heterocycles. The summed E-state index contributed by atoms with van der Waals surface area (Å²) >= 11 is 5.84. The minimum atomic E-state index is -0.612. The topological polar surface area (TPSA) is 12.4 Å². The number of benzene rings is 7. The molecule has 0 unspecified atom stereocenters. The van der Waals surface area contributed by atoms with Crippen LogP contribution in [-0.4, -0.2) is 0 Å². The zero-order valence-corrected chi connectivity index (χ0v) is 31.6. The minimum absolute atomic E-state index is 0.161. The molecule has 0 radical (unpaired) electrons. The smallest absolute Gasteiger partial charge is 0.0865 e. The number of hydrogen-bond acceptors (Lipinski definition) is 2. The van der Waals surface area contributed by atoms with Gasteiger partial charge in [-0.1, -0.05) is 178 Å². The molecule has 0 saturated carbocycles. The van der Waals surface area contributed by atoms with Crippen LogP contribution in [0, 0.1) is 0 Å². The van der Waals surface area contributed by atoms with Gasteiger partial charge in [0.05, 0.1) is 16.5 Å². The molecule has 4 bridgehead atoms. The molecule has 0 aliphatic heterocycles. The van der Waals surface area contributed by atoms with E-state index >= 15 is 0 Å². The van der Waals surface area contributed by atoms with E-state index in [-0.39, 0.29) is 17.3 Å². The van der Waals surface area contributed by atoms with Crippen molar-refractivity contribution in [1.29, 1.82) is 0 Å². The summed E-state index contributed by atoms with van der Waals surface area (Å²) in [6.07, 6.45) is 0. The Balaban J connectivity index is 1.39. The van der Waals surface area contributed by atoms with Crippen molar-refractivity contribution in [3.8, 4) is 0 Å². The summed E-state index contributed by atoms with van der Waals surface area (Å²) in [6, 6.07) is 60.1. The first-order valence-electron chi connectivity index (χ1n) is 18.7. The van der Waals surface area contributed by atoms with Gasteiger partial charge >= 0.3 is 0 Å². The van der Waals surface area contributed by atoms with E-state index in [4.69, 9.17) is 15.6 Å². The van der Waals surface area contributed by atoms with Crippen molar-refractivity contribution >= 4 is 27.0 Å². The van der Waals surface area contributed by atoms with Gasteiger partial charge in [0.1, 0.15) is 0 Å². The van der Waals surface area contributed by atoms with Gasteiger partial charge in [-0.15, -0.1) is 0 Å². The maximum atomic E-state index is 5.84. The Bertz CT molecular complexity index is 2360. The molecule has 13 rings (SSSR count). The lowest BCUT2D eigenvalue weighted by Gasteiger charge is -2.53. The van der Waals surface area contributed by atoms with E-state index < -0.39 is 10.8 Å². The molecule has 0 spiro atoms. The van der Waals surface area contributed by atoms with Crippen molar-refractivity contribution < 1.29 is 0 Å². The molecule has 0 atom stereocenters. The molecule has 7 aromatic rings. The predicted molar refractivity (Wildman–Crippen MR) is 220 cm³/mol. The van der Waals surface area contributed by atoms with Gasteiger partial charge in [-0.05, 0) is 88.9 Å². The normalized spacial score (nSPS) is 22.1. The van der Waals surface area contributed by atoms with E-state index in [1.54, 1.807) is 0 Å². The van der Waals surface area contributed by atoms with Gasteiger partial charge in [0.25, 0.3) is 0 Å². The van der Waals surface area contributed by atoms with Crippen molar-refractivity contribution in [2.75, 3.05) is 0 Å². The van der Waals surface area contributed by atoms with Gasteiger partial charge in [0, 0.05) is 33.1 Å². The molecular formula is C50H37NS2. The molecule has 1 nitrogen and oxygen atoms in total. The molecule has 0 N–H and O–H groups in total. The quantitative estimate of drug-likeness (QED) is 0.177. The number of hydrogen-bond donors (Lipinski definition) is 0. The van der Waals surface area contributed by atoms with Crippen LogP contribution in [0.3, 0.4) is 0 Å². The van der Waals surface area contributed by atoms with Gasteiger partial charge in [0.2, 0.25) is 0 Å². The fraction of sp³-hybridized carbons (Fsp3) is 0.160. The van der Waals surface area contributed by atoms with Crippen LogP contribution in [0.2, 0.25) is 0 Å². The number of rotatable bonds is 3. The number of nitrogens with zero attached hydrogens (tertiary/aromatic N) is 1. The molecule has 0 fully saturated rings. The summed E-state index contributed by atoms with van der Waals surface area (Å²) in [6.45, 7) is 7.06. The molecule has 254 valence electrons. The van der Waals surface area contributed by atoms with E-state index in [0.29, 0.717) is 0 Å². The van der Waals surface area contributed by atoms with Crippen molar-refractivity contribution in [1.82, 2.24) is 0 Å². The predicted octanol–water partition coefficient (Wildman–Crippen LogP) is 11.7. The standard InChI is InChI=1S/C50H37NS2/c1-48(2,3)30-28-43(49-37-22-10-4-16-31(37)45(32-17-5-11-23-38(32)49)33-18-6-12-24-39(33)49)47(51-53-52)44(29-30)50-40-25-13-7-19-34(40)46(35-20-8-14-26-41(35)50)36-21-9-15-27-42(36)50/h4-29,45-46H,1-3H3. The van der Waals surface area contributed by atoms with E-state index in [0.717, 1.165) is 15.8 Å². The molecule has 0 amide bonds. The largest absolute Gasteiger partial charge is 0.182 e. The van der Waals surface area contributed by atoms with Crippen LogP contribution in [0.15, 0.2) is 162 Å².